The Bertz CT molecular complexity index is 1300. The van der Waals surface area contributed by atoms with Gasteiger partial charge in [0.15, 0.2) is 5.78 Å². The summed E-state index contributed by atoms with van der Waals surface area (Å²) in [5.41, 5.74) is 2.54. The standard InChI is InChI=1S/C20H35N3O2.C15H12O2.Zn/c1-20(2,3)18-14-17(25-6)13-16(19(18)24)15-23-11-9-21(4)7-8-22(5)10-12-23;16-14(12-7-3-1-4-8-12)11-15(17)13-9-5-2-6-10-13;/h13-14,24H,7-12,15H2,1-6H3;1-11,16H;/q;;+2/p-2/b;14-11-;. The SMILES string of the molecule is COc1cc(CN2CCN(C)CCN(C)CC2)c([O-])c(C(C)(C)C)c1.O=C(/C=C(\[O-])c1ccccc1)c1ccccc1.[Zn+2]. The Balaban J connectivity index is 0.000000313. The summed E-state index contributed by atoms with van der Waals surface area (Å²) < 4.78 is 5.46. The Labute approximate surface area is 270 Å². The fourth-order valence-electron chi connectivity index (χ4n) is 4.64. The maximum absolute atomic E-state index is 13.0. The van der Waals surface area contributed by atoms with E-state index in [0.717, 1.165) is 62.2 Å². The van der Waals surface area contributed by atoms with Crippen LogP contribution in [-0.4, -0.2) is 81.0 Å². The second-order valence-corrected chi connectivity index (χ2v) is 11.9. The molecule has 0 amide bonds. The van der Waals surface area contributed by atoms with Crippen LogP contribution in [-0.2, 0) is 31.4 Å². The number of methoxy groups -OCH3 is 1. The van der Waals surface area contributed by atoms with E-state index in [4.69, 9.17) is 4.74 Å². The smallest absolute Gasteiger partial charge is 0.872 e. The van der Waals surface area contributed by atoms with Gasteiger partial charge in [0.25, 0.3) is 0 Å². The third-order valence-corrected chi connectivity index (χ3v) is 7.42. The third kappa shape index (κ3) is 11.5. The van der Waals surface area contributed by atoms with Gasteiger partial charge in [-0.3, -0.25) is 9.69 Å². The summed E-state index contributed by atoms with van der Waals surface area (Å²) in [7, 11) is 6.00. The van der Waals surface area contributed by atoms with Crippen LogP contribution >= 0.6 is 0 Å². The third-order valence-electron chi connectivity index (χ3n) is 7.42. The minimum Gasteiger partial charge on any atom is -0.872 e. The van der Waals surface area contributed by atoms with Crippen molar-refractivity contribution >= 4 is 11.5 Å². The summed E-state index contributed by atoms with van der Waals surface area (Å²) in [5.74, 6) is 0.409. The number of carbonyl (C=O) groups excluding carboxylic acids is 1. The van der Waals surface area contributed by atoms with Gasteiger partial charge in [-0.2, -0.15) is 0 Å². The first-order chi connectivity index (χ1) is 20.0. The number of likely N-dealkylation sites (N-methyl/N-ethyl adjacent to an activating group) is 2. The Morgan fingerprint density at radius 2 is 1.33 bits per heavy atom. The van der Waals surface area contributed by atoms with Crippen LogP contribution in [0.15, 0.2) is 78.9 Å². The van der Waals surface area contributed by atoms with Gasteiger partial charge < -0.3 is 24.7 Å². The molecule has 0 spiro atoms. The van der Waals surface area contributed by atoms with Crippen LogP contribution in [0.1, 0.15) is 47.8 Å². The van der Waals surface area contributed by atoms with Crippen molar-refractivity contribution in [1.82, 2.24) is 14.7 Å². The van der Waals surface area contributed by atoms with Gasteiger partial charge in [0.05, 0.1) is 7.11 Å². The van der Waals surface area contributed by atoms with Gasteiger partial charge in [0, 0.05) is 51.4 Å². The number of allylic oxidation sites excluding steroid dienone is 1. The minimum atomic E-state index is -0.264. The van der Waals surface area contributed by atoms with E-state index in [0.29, 0.717) is 17.7 Å². The largest absolute Gasteiger partial charge is 2.00 e. The molecule has 1 aliphatic rings. The van der Waals surface area contributed by atoms with E-state index in [-0.39, 0.29) is 42.2 Å². The van der Waals surface area contributed by atoms with E-state index >= 15 is 0 Å². The van der Waals surface area contributed by atoms with Gasteiger partial charge in [-0.15, -0.1) is 5.75 Å². The van der Waals surface area contributed by atoms with E-state index in [1.165, 1.54) is 0 Å². The van der Waals surface area contributed by atoms with Crippen LogP contribution < -0.4 is 14.9 Å². The molecule has 3 aromatic rings. The number of ether oxygens (including phenoxy) is 1. The van der Waals surface area contributed by atoms with Crippen LogP contribution in [0, 0.1) is 0 Å². The number of benzene rings is 3. The normalized spacial score (nSPS) is 15.6. The van der Waals surface area contributed by atoms with Crippen molar-refractivity contribution in [3.05, 3.63) is 101 Å². The molecule has 4 rings (SSSR count). The summed E-state index contributed by atoms with van der Waals surface area (Å²) in [4.78, 5) is 18.9. The predicted octanol–water partition coefficient (Wildman–Crippen LogP) is 4.01. The van der Waals surface area contributed by atoms with Crippen LogP contribution in [0.5, 0.6) is 11.5 Å². The molecule has 3 aromatic carbocycles. The summed E-state index contributed by atoms with van der Waals surface area (Å²) >= 11 is 0. The fraction of sp³-hybridized carbons (Fsp3) is 0.400. The summed E-state index contributed by atoms with van der Waals surface area (Å²) in [6.45, 7) is 13.1. The number of nitrogens with zero attached hydrogens (tertiary/aromatic N) is 3. The first kappa shape index (κ1) is 36.2. The molecule has 0 saturated carbocycles. The van der Waals surface area contributed by atoms with Crippen molar-refractivity contribution in [2.75, 3.05) is 60.5 Å². The summed E-state index contributed by atoms with van der Waals surface area (Å²) in [6.07, 6.45) is 1.13. The molecule has 226 valence electrons. The summed E-state index contributed by atoms with van der Waals surface area (Å²) in [5, 5.41) is 24.8. The number of hydrogen-bond acceptors (Lipinski definition) is 7. The fourth-order valence-corrected chi connectivity index (χ4v) is 4.64. The van der Waals surface area contributed by atoms with E-state index in [1.807, 2.05) is 24.3 Å². The second kappa shape index (κ2) is 17.3. The average Bonchev–Trinajstić information content (AvgIpc) is 3.05. The Hall–Kier alpha value is -3.03. The monoisotopic (exact) mass is 635 g/mol. The van der Waals surface area contributed by atoms with Crippen LogP contribution in [0.2, 0.25) is 0 Å². The second-order valence-electron chi connectivity index (χ2n) is 11.9. The molecule has 0 N–H and O–H groups in total. The average molecular weight is 637 g/mol. The Morgan fingerprint density at radius 1 is 0.837 bits per heavy atom. The van der Waals surface area contributed by atoms with E-state index in [1.54, 1.807) is 55.6 Å². The molecule has 8 heteroatoms. The van der Waals surface area contributed by atoms with Crippen molar-refractivity contribution in [3.8, 4) is 11.5 Å². The molecule has 0 atom stereocenters. The van der Waals surface area contributed by atoms with Crippen molar-refractivity contribution in [3.63, 3.8) is 0 Å². The minimum absolute atomic E-state index is 0. The molecule has 1 heterocycles. The first-order valence-corrected chi connectivity index (χ1v) is 14.5. The molecule has 7 nitrogen and oxygen atoms in total. The molecule has 43 heavy (non-hydrogen) atoms. The predicted molar refractivity (Wildman–Crippen MR) is 167 cm³/mol. The zero-order chi connectivity index (χ0) is 30.7. The topological polar surface area (TPSA) is 82.1 Å². The number of rotatable bonds is 6. The molecular weight excluding hydrogens is 592 g/mol. The Kier molecular flexibility index (Phi) is 14.6. The van der Waals surface area contributed by atoms with Crippen LogP contribution in [0.25, 0.3) is 5.76 Å². The Morgan fingerprint density at radius 3 is 1.81 bits per heavy atom. The van der Waals surface area contributed by atoms with Gasteiger partial charge in [0.1, 0.15) is 5.75 Å². The molecule has 1 aliphatic heterocycles. The van der Waals surface area contributed by atoms with Crippen molar-refractivity contribution < 1.29 is 39.2 Å². The molecule has 1 fully saturated rings. The molecule has 0 radical (unpaired) electrons. The van der Waals surface area contributed by atoms with Crippen LogP contribution in [0.4, 0.5) is 0 Å². The van der Waals surface area contributed by atoms with E-state index in [9.17, 15) is 15.0 Å². The first-order valence-electron chi connectivity index (χ1n) is 14.5. The van der Waals surface area contributed by atoms with Gasteiger partial charge in [-0.1, -0.05) is 87.2 Å². The number of carbonyl (C=O) groups is 1. The number of hydrogen-bond donors (Lipinski definition) is 0. The summed E-state index contributed by atoms with van der Waals surface area (Å²) in [6, 6.07) is 21.3. The van der Waals surface area contributed by atoms with Gasteiger partial charge in [-0.25, -0.2) is 0 Å². The molecule has 1 saturated heterocycles. The van der Waals surface area contributed by atoms with Crippen LogP contribution in [0.3, 0.4) is 0 Å². The van der Waals surface area contributed by atoms with Crippen molar-refractivity contribution in [1.29, 1.82) is 0 Å². The van der Waals surface area contributed by atoms with Gasteiger partial charge in [0.2, 0.25) is 0 Å². The molecule has 0 aliphatic carbocycles. The van der Waals surface area contributed by atoms with Crippen molar-refractivity contribution in [2.45, 2.75) is 32.7 Å². The van der Waals surface area contributed by atoms with E-state index < -0.39 is 0 Å². The molecule has 0 aromatic heterocycles. The van der Waals surface area contributed by atoms with E-state index in [2.05, 4.69) is 49.6 Å². The zero-order valence-electron chi connectivity index (χ0n) is 26.6. The zero-order valence-corrected chi connectivity index (χ0v) is 29.6. The maximum Gasteiger partial charge on any atom is 2.00 e. The molecular formula is C35H45N3O4Zn. The number of ketones is 1. The van der Waals surface area contributed by atoms with Gasteiger partial charge >= 0.3 is 19.5 Å². The van der Waals surface area contributed by atoms with Crippen molar-refractivity contribution in [2.24, 2.45) is 0 Å². The quantitative estimate of drug-likeness (QED) is 0.175. The van der Waals surface area contributed by atoms with Gasteiger partial charge in [-0.05, 0) is 54.4 Å². The molecule has 0 bridgehead atoms. The maximum atomic E-state index is 13.0. The molecule has 0 unspecified atom stereocenters.